The van der Waals surface area contributed by atoms with Crippen molar-refractivity contribution in [3.05, 3.63) is 0 Å². The van der Waals surface area contributed by atoms with Crippen LogP contribution in [-0.4, -0.2) is 38.8 Å². The van der Waals surface area contributed by atoms with Crippen LogP contribution in [0.3, 0.4) is 0 Å². The number of hydrogen-bond donors (Lipinski definition) is 3. The van der Waals surface area contributed by atoms with Crippen molar-refractivity contribution in [3.63, 3.8) is 0 Å². The number of ether oxygens (including phenoxy) is 2. The minimum atomic E-state index is -4.64. The predicted octanol–water partition coefficient (Wildman–Crippen LogP) is 0.987. The summed E-state index contributed by atoms with van der Waals surface area (Å²) in [5.74, 6) is -0.426. The minimum Gasteiger partial charge on any atom is -0.463 e. The molecule has 0 fully saturated rings. The van der Waals surface area contributed by atoms with Gasteiger partial charge in [-0.1, -0.05) is 0 Å². The highest BCUT2D eigenvalue weighted by molar-refractivity contribution is 7.45. The molecule has 19 heavy (non-hydrogen) atoms. The Kier molecular flexibility index (Phi) is 14.8. The molecule has 0 aromatic rings. The van der Waals surface area contributed by atoms with Gasteiger partial charge in [0, 0.05) is 13.8 Å². The average Bonchev–Trinajstić information content (AvgIpc) is 1.93. The second kappa shape index (κ2) is 12.1. The number of rotatable bonds is 2. The predicted molar refractivity (Wildman–Crippen MR) is 68.1 cm³/mol. The lowest BCUT2D eigenvalue weighted by atomic mass is 10.5. The summed E-state index contributed by atoms with van der Waals surface area (Å²) in [5, 5.41) is 0. The van der Waals surface area contributed by atoms with Gasteiger partial charge in [-0.15, -0.1) is 0 Å². The van der Waals surface area contributed by atoms with Crippen LogP contribution in [0.5, 0.6) is 0 Å². The molecule has 0 aromatic carbocycles. The Balaban J connectivity index is -0.000000206. The van der Waals surface area contributed by atoms with Gasteiger partial charge in [0.15, 0.2) is 0 Å². The summed E-state index contributed by atoms with van der Waals surface area (Å²) in [6.45, 7) is 10.1. The Hall–Kier alpha value is -0.950. The summed E-state index contributed by atoms with van der Waals surface area (Å²) in [7, 11) is -4.64. The van der Waals surface area contributed by atoms with Crippen molar-refractivity contribution in [2.24, 2.45) is 0 Å². The van der Waals surface area contributed by atoms with Gasteiger partial charge in [0.2, 0.25) is 0 Å². The highest BCUT2D eigenvalue weighted by Crippen LogP contribution is 2.25. The molecule has 3 N–H and O–H groups in total. The maximum absolute atomic E-state index is 10.0. The van der Waals surface area contributed by atoms with Crippen molar-refractivity contribution in [2.75, 3.05) is 0 Å². The van der Waals surface area contributed by atoms with Gasteiger partial charge in [-0.3, -0.25) is 9.59 Å². The monoisotopic (exact) mass is 302 g/mol. The van der Waals surface area contributed by atoms with E-state index < -0.39 is 7.82 Å². The number of phosphoric acid groups is 1. The third kappa shape index (κ3) is 77.7. The molecule has 0 bridgehead atoms. The van der Waals surface area contributed by atoms with Crippen molar-refractivity contribution >= 4 is 19.8 Å². The van der Waals surface area contributed by atoms with Crippen LogP contribution >= 0.6 is 7.82 Å². The molecule has 0 unspecified atom stereocenters. The van der Waals surface area contributed by atoms with Gasteiger partial charge < -0.3 is 24.2 Å². The number of carbonyl (C=O) groups excluding carboxylic acids is 2. The van der Waals surface area contributed by atoms with E-state index in [9.17, 15) is 9.59 Å². The molecule has 0 saturated carbocycles. The van der Waals surface area contributed by atoms with Crippen LogP contribution in [0, 0.1) is 0 Å². The van der Waals surface area contributed by atoms with Crippen molar-refractivity contribution < 1.29 is 38.3 Å². The van der Waals surface area contributed by atoms with Gasteiger partial charge in [-0.2, -0.15) is 0 Å². The van der Waals surface area contributed by atoms with Gasteiger partial charge in [-0.25, -0.2) is 4.57 Å². The molecule has 0 spiro atoms. The lowest BCUT2D eigenvalue weighted by Crippen LogP contribution is -2.06. The molecular formula is C10H23O8P. The molecule has 0 aliphatic carbocycles. The van der Waals surface area contributed by atoms with Crippen LogP contribution in [-0.2, 0) is 23.6 Å². The summed E-state index contributed by atoms with van der Waals surface area (Å²) < 4.78 is 18.1. The molecule has 0 aromatic heterocycles. The van der Waals surface area contributed by atoms with Crippen LogP contribution in [0.1, 0.15) is 41.5 Å². The first-order valence-electron chi connectivity index (χ1n) is 5.38. The summed E-state index contributed by atoms with van der Waals surface area (Å²) in [6, 6.07) is 0. The Morgan fingerprint density at radius 3 is 1.00 bits per heavy atom. The molecule has 116 valence electrons. The van der Waals surface area contributed by atoms with Crippen LogP contribution in [0.25, 0.3) is 0 Å². The number of carbonyl (C=O) groups is 2. The van der Waals surface area contributed by atoms with Crippen molar-refractivity contribution in [3.8, 4) is 0 Å². The van der Waals surface area contributed by atoms with E-state index in [1.807, 2.05) is 27.7 Å². The Bertz CT molecular complexity index is 266. The molecule has 0 saturated heterocycles. The molecule has 9 heteroatoms. The third-order valence-corrected chi connectivity index (χ3v) is 0.803. The zero-order valence-electron chi connectivity index (χ0n) is 12.0. The van der Waals surface area contributed by atoms with Crippen LogP contribution in [0.15, 0.2) is 0 Å². The van der Waals surface area contributed by atoms with Gasteiger partial charge >= 0.3 is 19.8 Å². The standard InChI is InChI=1S/2C5H10O2.H3O4P/c2*1-4(2)7-5(3)6;1-5(2,3)4/h2*4H,1-3H3;(H3,1,2,3,4). The summed E-state index contributed by atoms with van der Waals surface area (Å²) >= 11 is 0. The zero-order chi connectivity index (χ0) is 16.2. The van der Waals surface area contributed by atoms with E-state index in [0.29, 0.717) is 0 Å². The second-order valence-electron chi connectivity index (χ2n) is 3.83. The molecular weight excluding hydrogens is 279 g/mol. The smallest absolute Gasteiger partial charge is 0.463 e. The number of hydrogen-bond acceptors (Lipinski definition) is 5. The first-order valence-corrected chi connectivity index (χ1v) is 6.95. The van der Waals surface area contributed by atoms with Crippen LogP contribution < -0.4 is 0 Å². The molecule has 0 rings (SSSR count). The molecule has 0 heterocycles. The number of esters is 2. The van der Waals surface area contributed by atoms with Crippen molar-refractivity contribution in [1.29, 1.82) is 0 Å². The highest BCUT2D eigenvalue weighted by atomic mass is 31.2. The topological polar surface area (TPSA) is 130 Å². The average molecular weight is 302 g/mol. The normalized spacial score (nSPS) is 9.84. The van der Waals surface area contributed by atoms with E-state index in [-0.39, 0.29) is 24.1 Å². The minimum absolute atomic E-state index is 0.0255. The van der Waals surface area contributed by atoms with Crippen molar-refractivity contribution in [1.82, 2.24) is 0 Å². The lowest BCUT2D eigenvalue weighted by molar-refractivity contribution is -0.145. The fourth-order valence-electron chi connectivity index (χ4n) is 0.664. The van der Waals surface area contributed by atoms with Crippen molar-refractivity contribution in [2.45, 2.75) is 53.8 Å². The van der Waals surface area contributed by atoms with E-state index >= 15 is 0 Å². The van der Waals surface area contributed by atoms with E-state index in [2.05, 4.69) is 9.47 Å². The zero-order valence-corrected chi connectivity index (χ0v) is 12.9. The largest absolute Gasteiger partial charge is 0.466 e. The highest BCUT2D eigenvalue weighted by Gasteiger charge is 2.00. The SMILES string of the molecule is CC(=O)OC(C)C.CC(=O)OC(C)C.O=P(O)(O)O. The lowest BCUT2D eigenvalue weighted by Gasteiger charge is -2.01. The van der Waals surface area contributed by atoms with Gasteiger partial charge in [0.05, 0.1) is 12.2 Å². The van der Waals surface area contributed by atoms with E-state index in [1.165, 1.54) is 13.8 Å². The van der Waals surface area contributed by atoms with Crippen LogP contribution in [0.4, 0.5) is 0 Å². The van der Waals surface area contributed by atoms with Crippen LogP contribution in [0.2, 0.25) is 0 Å². The Morgan fingerprint density at radius 2 is 1.00 bits per heavy atom. The molecule has 0 radical (unpaired) electrons. The molecule has 0 amide bonds. The first kappa shape index (κ1) is 23.2. The maximum Gasteiger partial charge on any atom is 0.466 e. The Morgan fingerprint density at radius 1 is 0.842 bits per heavy atom. The first-order chi connectivity index (χ1) is 8.25. The summed E-state index contributed by atoms with van der Waals surface area (Å²) in [4.78, 5) is 41.6. The molecule has 8 nitrogen and oxygen atoms in total. The fourth-order valence-corrected chi connectivity index (χ4v) is 0.664. The summed E-state index contributed by atoms with van der Waals surface area (Å²) in [5.41, 5.74) is 0. The fraction of sp³-hybridized carbons (Fsp3) is 0.800. The molecule has 0 atom stereocenters. The summed E-state index contributed by atoms with van der Waals surface area (Å²) in [6.07, 6.45) is 0.0509. The quantitative estimate of drug-likeness (QED) is 0.508. The van der Waals surface area contributed by atoms with E-state index in [0.717, 1.165) is 0 Å². The van der Waals surface area contributed by atoms with E-state index in [1.54, 1.807) is 0 Å². The van der Waals surface area contributed by atoms with Gasteiger partial charge in [0.25, 0.3) is 0 Å². The Labute approximate surface area is 113 Å². The van der Waals surface area contributed by atoms with E-state index in [4.69, 9.17) is 19.2 Å². The molecule has 0 aliphatic rings. The van der Waals surface area contributed by atoms with Gasteiger partial charge in [-0.05, 0) is 27.7 Å². The maximum atomic E-state index is 10.0. The molecule has 0 aliphatic heterocycles. The second-order valence-corrected chi connectivity index (χ2v) is 4.86. The van der Waals surface area contributed by atoms with Gasteiger partial charge in [0.1, 0.15) is 0 Å². The third-order valence-electron chi connectivity index (χ3n) is 0.803.